The van der Waals surface area contributed by atoms with Crippen molar-refractivity contribution >= 4 is 22.8 Å². The van der Waals surface area contributed by atoms with Gasteiger partial charge in [-0.25, -0.2) is 4.79 Å². The van der Waals surface area contributed by atoms with E-state index in [1.165, 1.54) is 29.4 Å². The number of rotatable bonds is 2. The van der Waals surface area contributed by atoms with Gasteiger partial charge in [-0.1, -0.05) is 18.9 Å². The second-order valence-electron chi connectivity index (χ2n) is 7.08. The first-order chi connectivity index (χ1) is 12.1. The molecule has 6 nitrogen and oxygen atoms in total. The van der Waals surface area contributed by atoms with E-state index in [0.29, 0.717) is 12.3 Å². The lowest BCUT2D eigenvalue weighted by Crippen LogP contribution is -2.44. The van der Waals surface area contributed by atoms with Gasteiger partial charge in [0.1, 0.15) is 6.04 Å². The summed E-state index contributed by atoms with van der Waals surface area (Å²) < 4.78 is 3.14. The van der Waals surface area contributed by atoms with Crippen LogP contribution in [0, 0.1) is 6.42 Å². The van der Waals surface area contributed by atoms with Gasteiger partial charge in [-0.2, -0.15) is 0 Å². The summed E-state index contributed by atoms with van der Waals surface area (Å²) in [4.78, 5) is 36.4. The lowest BCUT2D eigenvalue weighted by atomic mass is 9.84. The summed E-state index contributed by atoms with van der Waals surface area (Å²) in [5.41, 5.74) is 2.64. The van der Waals surface area contributed by atoms with Crippen LogP contribution in [0.2, 0.25) is 0 Å². The smallest absolute Gasteiger partial charge is 0.295 e. The van der Waals surface area contributed by atoms with Crippen LogP contribution >= 0.6 is 0 Å². The van der Waals surface area contributed by atoms with Gasteiger partial charge < -0.3 is 0 Å². The zero-order valence-electron chi connectivity index (χ0n) is 14.3. The Kier molecular flexibility index (Phi) is 3.98. The number of carbonyl (C=O) groups excluding carboxylic acids is 2. The Balaban J connectivity index is 1.78. The van der Waals surface area contributed by atoms with Gasteiger partial charge >= 0.3 is 5.69 Å². The third-order valence-electron chi connectivity index (χ3n) is 5.52. The Bertz CT molecular complexity index is 903. The van der Waals surface area contributed by atoms with Crippen LogP contribution in [0.4, 0.5) is 0 Å². The summed E-state index contributed by atoms with van der Waals surface area (Å²) >= 11 is 0. The average Bonchev–Trinajstić information content (AvgIpc) is 2.87. The van der Waals surface area contributed by atoms with Gasteiger partial charge in [0, 0.05) is 13.5 Å². The third-order valence-corrected chi connectivity index (χ3v) is 5.52. The van der Waals surface area contributed by atoms with Gasteiger partial charge in [0.2, 0.25) is 11.8 Å². The highest BCUT2D eigenvalue weighted by molar-refractivity contribution is 6.00. The molecule has 6 heteroatoms. The number of nitrogens with one attached hydrogen (secondary N) is 1. The molecule has 2 aromatic rings. The minimum Gasteiger partial charge on any atom is -0.295 e. The number of hydrogen-bond donors (Lipinski definition) is 1. The maximum absolute atomic E-state index is 12.8. The van der Waals surface area contributed by atoms with E-state index in [1.807, 2.05) is 6.07 Å². The van der Waals surface area contributed by atoms with Crippen molar-refractivity contribution in [1.29, 1.82) is 0 Å². The van der Waals surface area contributed by atoms with Crippen LogP contribution in [0.3, 0.4) is 0 Å². The van der Waals surface area contributed by atoms with Crippen molar-refractivity contribution in [2.24, 2.45) is 7.05 Å². The highest BCUT2D eigenvalue weighted by Gasteiger charge is 2.31. The van der Waals surface area contributed by atoms with Crippen LogP contribution in [0.25, 0.3) is 11.0 Å². The van der Waals surface area contributed by atoms with Crippen LogP contribution in [-0.4, -0.2) is 20.9 Å². The largest absolute Gasteiger partial charge is 0.329 e. The van der Waals surface area contributed by atoms with Crippen LogP contribution in [0.1, 0.15) is 56.0 Å². The molecule has 0 bridgehead atoms. The Labute approximate surface area is 145 Å². The van der Waals surface area contributed by atoms with Gasteiger partial charge in [-0.05, 0) is 49.3 Å². The fraction of sp³-hybridized carbons (Fsp3) is 0.474. The van der Waals surface area contributed by atoms with E-state index in [4.69, 9.17) is 0 Å². The molecular weight excluding hydrogens is 318 g/mol. The molecule has 25 heavy (non-hydrogen) atoms. The van der Waals surface area contributed by atoms with Crippen molar-refractivity contribution in [2.75, 3.05) is 0 Å². The number of nitrogens with zero attached hydrogens (tertiary/aromatic N) is 2. The standard InChI is InChI=1S/C19H22N3O3/c1-21-16-11-13(12-5-3-2-4-6-12)7-8-14(16)22(19(21)25)15-9-10-17(23)20-18(15)24/h3,7-8,11-12,15H,2,4-6,9-10H2,1H3,(H,20,23,24). The number of imidazole rings is 1. The normalized spacial score (nSPS) is 22.4. The Morgan fingerprint density at radius 2 is 1.96 bits per heavy atom. The summed E-state index contributed by atoms with van der Waals surface area (Å²) in [5.74, 6) is -0.158. The molecular formula is C19H22N3O3. The molecule has 1 saturated carbocycles. The van der Waals surface area contributed by atoms with Gasteiger partial charge in [-0.3, -0.25) is 24.0 Å². The minimum atomic E-state index is -0.622. The van der Waals surface area contributed by atoms with E-state index in [9.17, 15) is 14.4 Å². The van der Waals surface area contributed by atoms with Crippen LogP contribution in [0.15, 0.2) is 23.0 Å². The maximum atomic E-state index is 12.8. The Morgan fingerprint density at radius 1 is 1.12 bits per heavy atom. The number of benzene rings is 1. The summed E-state index contributed by atoms with van der Waals surface area (Å²) in [6, 6.07) is 5.49. The fourth-order valence-corrected chi connectivity index (χ4v) is 4.11. The van der Waals surface area contributed by atoms with E-state index in [2.05, 4.69) is 23.9 Å². The quantitative estimate of drug-likeness (QED) is 0.852. The first kappa shape index (κ1) is 16.1. The summed E-state index contributed by atoms with van der Waals surface area (Å²) in [6.07, 6.45) is 7.60. The highest BCUT2D eigenvalue weighted by Crippen LogP contribution is 2.34. The van der Waals surface area contributed by atoms with E-state index >= 15 is 0 Å². The molecule has 1 aliphatic heterocycles. The monoisotopic (exact) mass is 340 g/mol. The van der Waals surface area contributed by atoms with Crippen LogP contribution in [0.5, 0.6) is 0 Å². The maximum Gasteiger partial charge on any atom is 0.329 e. The second-order valence-corrected chi connectivity index (χ2v) is 7.08. The SMILES string of the molecule is Cn1c(=O)n(C2CCC(=O)NC2=O)c2ccc(C3C[CH]CCC3)cc21. The number of fused-ring (bicyclic) bond motifs is 1. The highest BCUT2D eigenvalue weighted by atomic mass is 16.2. The van der Waals surface area contributed by atoms with E-state index in [1.54, 1.807) is 11.6 Å². The van der Waals surface area contributed by atoms with Crippen molar-refractivity contribution in [3.63, 3.8) is 0 Å². The molecule has 1 saturated heterocycles. The van der Waals surface area contributed by atoms with Crippen molar-refractivity contribution < 1.29 is 9.59 Å². The van der Waals surface area contributed by atoms with Crippen molar-refractivity contribution in [3.05, 3.63) is 40.7 Å². The molecule has 1 aromatic carbocycles. The molecule has 4 rings (SSSR count). The molecule has 2 aliphatic rings. The van der Waals surface area contributed by atoms with E-state index < -0.39 is 11.9 Å². The molecule has 1 aromatic heterocycles. The molecule has 2 amide bonds. The number of imide groups is 1. The average molecular weight is 340 g/mol. The number of carbonyl (C=O) groups is 2. The van der Waals surface area contributed by atoms with Crippen molar-refractivity contribution in [1.82, 2.24) is 14.5 Å². The number of piperidine rings is 1. The van der Waals surface area contributed by atoms with Crippen molar-refractivity contribution in [2.45, 2.75) is 50.5 Å². The number of amides is 2. The number of aromatic nitrogens is 2. The molecule has 0 spiro atoms. The zero-order chi connectivity index (χ0) is 17.6. The van der Waals surface area contributed by atoms with Gasteiger partial charge in [0.05, 0.1) is 11.0 Å². The van der Waals surface area contributed by atoms with E-state index in [0.717, 1.165) is 17.5 Å². The van der Waals surface area contributed by atoms with Crippen molar-refractivity contribution in [3.8, 4) is 0 Å². The predicted molar refractivity (Wildman–Crippen MR) is 94.1 cm³/mol. The second kappa shape index (κ2) is 6.17. The molecule has 2 fully saturated rings. The summed E-state index contributed by atoms with van der Waals surface area (Å²) in [6.45, 7) is 0. The van der Waals surface area contributed by atoms with E-state index in [-0.39, 0.29) is 18.0 Å². The topological polar surface area (TPSA) is 73.1 Å². The lowest BCUT2D eigenvalue weighted by molar-refractivity contribution is -0.135. The predicted octanol–water partition coefficient (Wildman–Crippen LogP) is 2.18. The molecule has 1 aliphatic carbocycles. The lowest BCUT2D eigenvalue weighted by Gasteiger charge is -2.23. The Morgan fingerprint density at radius 3 is 2.68 bits per heavy atom. The van der Waals surface area contributed by atoms with Crippen LogP contribution in [-0.2, 0) is 16.6 Å². The fourth-order valence-electron chi connectivity index (χ4n) is 4.11. The first-order valence-corrected chi connectivity index (χ1v) is 8.92. The molecule has 131 valence electrons. The number of hydrogen-bond acceptors (Lipinski definition) is 3. The van der Waals surface area contributed by atoms with Gasteiger partial charge in [0.25, 0.3) is 0 Å². The number of aryl methyl sites for hydroxylation is 1. The summed E-state index contributed by atoms with van der Waals surface area (Å²) in [5, 5.41) is 2.34. The summed E-state index contributed by atoms with van der Waals surface area (Å²) in [7, 11) is 1.74. The zero-order valence-corrected chi connectivity index (χ0v) is 14.3. The Hall–Kier alpha value is -2.37. The molecule has 2 unspecified atom stereocenters. The molecule has 2 atom stereocenters. The van der Waals surface area contributed by atoms with Gasteiger partial charge in [-0.15, -0.1) is 0 Å². The minimum absolute atomic E-state index is 0.211. The van der Waals surface area contributed by atoms with Crippen LogP contribution < -0.4 is 11.0 Å². The third kappa shape index (κ3) is 2.69. The first-order valence-electron chi connectivity index (χ1n) is 8.92. The van der Waals surface area contributed by atoms with Gasteiger partial charge in [0.15, 0.2) is 0 Å². The molecule has 1 radical (unpaired) electrons. The molecule has 1 N–H and O–H groups in total. The molecule has 2 heterocycles.